The highest BCUT2D eigenvalue weighted by Gasteiger charge is 2.26. The van der Waals surface area contributed by atoms with Crippen LogP contribution < -0.4 is 5.32 Å². The van der Waals surface area contributed by atoms with Gasteiger partial charge in [-0.05, 0) is 51.2 Å². The highest BCUT2D eigenvalue weighted by atomic mass is 32.1. The van der Waals surface area contributed by atoms with Gasteiger partial charge in [0.15, 0.2) is 0 Å². The number of methoxy groups -OCH3 is 1. The van der Waals surface area contributed by atoms with Gasteiger partial charge >= 0.3 is 0 Å². The van der Waals surface area contributed by atoms with Crippen molar-refractivity contribution >= 4 is 23.0 Å². The molecular formula is C29H44N4O4S. The molecule has 9 heteroatoms. The summed E-state index contributed by atoms with van der Waals surface area (Å²) in [6, 6.07) is -0.130. The number of carbonyl (C=O) groups excluding carboxylic acids is 2. The summed E-state index contributed by atoms with van der Waals surface area (Å²) in [6.07, 6.45) is 14.9. The number of Topliss-reactive ketones (excluding diaryl/α,β-unsaturated/α-hetero) is 1. The first-order valence-corrected chi connectivity index (χ1v) is 14.7. The fraction of sp³-hybridized carbons (Fsp3) is 0.621. The molecule has 1 aromatic heterocycles. The van der Waals surface area contributed by atoms with Gasteiger partial charge in [0.25, 0.3) is 0 Å². The number of likely N-dealkylation sites (tertiary alicyclic amines) is 1. The highest BCUT2D eigenvalue weighted by Crippen LogP contribution is 2.31. The number of aliphatic hydroxyl groups excluding tert-OH is 1. The van der Waals surface area contributed by atoms with Crippen molar-refractivity contribution in [2.45, 2.75) is 77.0 Å². The molecule has 3 rings (SSSR count). The molecule has 2 unspecified atom stereocenters. The number of hydrogen-bond acceptors (Lipinski definition) is 8. The zero-order valence-corrected chi connectivity index (χ0v) is 23.9. The van der Waals surface area contributed by atoms with Crippen LogP contribution in [0.3, 0.4) is 0 Å². The quantitative estimate of drug-likeness (QED) is 0.266. The monoisotopic (exact) mass is 544 g/mol. The Morgan fingerprint density at radius 2 is 2.05 bits per heavy atom. The summed E-state index contributed by atoms with van der Waals surface area (Å²) in [5.74, 6) is 0.564. The second-order valence-corrected chi connectivity index (χ2v) is 10.9. The Labute approximate surface area is 231 Å². The number of ketones is 1. The second kappa shape index (κ2) is 15.9. The van der Waals surface area contributed by atoms with E-state index in [1.54, 1.807) is 25.4 Å². The van der Waals surface area contributed by atoms with Crippen LogP contribution in [0.25, 0.3) is 0 Å². The third-order valence-corrected chi connectivity index (χ3v) is 7.99. The fourth-order valence-corrected chi connectivity index (χ4v) is 5.86. The van der Waals surface area contributed by atoms with Gasteiger partial charge < -0.3 is 24.4 Å². The van der Waals surface area contributed by atoms with Gasteiger partial charge in [-0.3, -0.25) is 10.1 Å². The summed E-state index contributed by atoms with van der Waals surface area (Å²) in [6.45, 7) is 7.58. The van der Waals surface area contributed by atoms with Crippen LogP contribution in [0.1, 0.15) is 81.6 Å². The van der Waals surface area contributed by atoms with Gasteiger partial charge in [-0.2, -0.15) is 0 Å². The molecule has 0 bridgehead atoms. The van der Waals surface area contributed by atoms with Gasteiger partial charge in [0.05, 0.1) is 17.3 Å². The van der Waals surface area contributed by atoms with Crippen molar-refractivity contribution in [3.05, 3.63) is 52.2 Å². The van der Waals surface area contributed by atoms with E-state index in [2.05, 4.69) is 47.5 Å². The van der Waals surface area contributed by atoms with E-state index < -0.39 is 6.23 Å². The normalized spacial score (nSPS) is 19.9. The molecule has 38 heavy (non-hydrogen) atoms. The molecule has 0 aromatic carbocycles. The number of carbonyl (C=O) groups is 2. The minimum absolute atomic E-state index is 0.130. The molecule has 1 aliphatic heterocycles. The molecule has 1 saturated heterocycles. The third kappa shape index (κ3) is 9.45. The maximum Gasteiger partial charge on any atom is 0.222 e. The SMILES string of the molecule is CCCN(CCOC)C1=CC(NC(O)c2csc(C3CCN(C(=O)CCCC(C)=O)CC3)n2)/C=C\CC=C1. The van der Waals surface area contributed by atoms with Crippen molar-refractivity contribution < 1.29 is 19.4 Å². The molecule has 2 N–H and O–H groups in total. The lowest BCUT2D eigenvalue weighted by atomic mass is 9.97. The molecule has 2 aliphatic rings. The summed E-state index contributed by atoms with van der Waals surface area (Å²) in [4.78, 5) is 32.6. The van der Waals surface area contributed by atoms with Gasteiger partial charge in [-0.15, -0.1) is 11.3 Å². The molecule has 210 valence electrons. The summed E-state index contributed by atoms with van der Waals surface area (Å²) in [5.41, 5.74) is 1.76. The van der Waals surface area contributed by atoms with Crippen LogP contribution in [-0.4, -0.2) is 77.5 Å². The van der Waals surface area contributed by atoms with E-state index in [9.17, 15) is 14.7 Å². The lowest BCUT2D eigenvalue weighted by molar-refractivity contribution is -0.132. The first-order chi connectivity index (χ1) is 18.4. The minimum Gasteiger partial charge on any atom is -0.383 e. The van der Waals surface area contributed by atoms with Crippen LogP contribution in [0, 0.1) is 0 Å². The van der Waals surface area contributed by atoms with Gasteiger partial charge in [0, 0.05) is 69.2 Å². The molecule has 2 heterocycles. The number of hydrogen-bond donors (Lipinski definition) is 2. The number of allylic oxidation sites excluding steroid dienone is 3. The molecule has 0 radical (unpaired) electrons. The van der Waals surface area contributed by atoms with E-state index >= 15 is 0 Å². The molecular weight excluding hydrogens is 500 g/mol. The molecule has 0 spiro atoms. The number of piperidine rings is 1. The number of thiazole rings is 1. The lowest BCUT2D eigenvalue weighted by Crippen LogP contribution is -2.37. The van der Waals surface area contributed by atoms with E-state index in [1.807, 2.05) is 10.3 Å². The van der Waals surface area contributed by atoms with E-state index in [1.165, 1.54) is 0 Å². The molecule has 1 aliphatic carbocycles. The van der Waals surface area contributed by atoms with Crippen molar-refractivity contribution in [3.8, 4) is 0 Å². The molecule has 0 saturated carbocycles. The minimum atomic E-state index is -0.878. The Kier molecular flexibility index (Phi) is 12.7. The van der Waals surface area contributed by atoms with E-state index in [-0.39, 0.29) is 17.7 Å². The van der Waals surface area contributed by atoms with Gasteiger partial charge in [-0.1, -0.05) is 25.2 Å². The van der Waals surface area contributed by atoms with Crippen molar-refractivity contribution in [1.29, 1.82) is 0 Å². The van der Waals surface area contributed by atoms with Crippen LogP contribution >= 0.6 is 11.3 Å². The van der Waals surface area contributed by atoms with Crippen LogP contribution in [-0.2, 0) is 14.3 Å². The number of nitrogens with one attached hydrogen (secondary N) is 1. The number of ether oxygens (including phenoxy) is 1. The number of amides is 1. The number of nitrogens with zero attached hydrogens (tertiary/aromatic N) is 3. The van der Waals surface area contributed by atoms with E-state index in [0.717, 1.165) is 49.5 Å². The highest BCUT2D eigenvalue weighted by molar-refractivity contribution is 7.09. The predicted molar refractivity (Wildman–Crippen MR) is 152 cm³/mol. The third-order valence-electron chi connectivity index (χ3n) is 6.97. The summed E-state index contributed by atoms with van der Waals surface area (Å²) in [7, 11) is 1.72. The molecule has 2 atom stereocenters. The fourth-order valence-electron chi connectivity index (χ4n) is 4.85. The largest absolute Gasteiger partial charge is 0.383 e. The number of rotatable bonds is 14. The van der Waals surface area contributed by atoms with Crippen molar-refractivity contribution in [2.24, 2.45) is 0 Å². The zero-order valence-electron chi connectivity index (χ0n) is 23.1. The summed E-state index contributed by atoms with van der Waals surface area (Å²) >= 11 is 1.58. The molecule has 1 aromatic rings. The standard InChI is InChI=1S/C29H44N4O4S/c1-4-15-32(18-19-37-3)25-11-7-5-6-10-24(20-25)30-28(36)26-21-38-29(31-26)23-13-16-33(17-14-23)27(35)12-8-9-22(2)34/h6-7,10-11,20-21,23-24,28,30,36H,4-5,8-9,12-19H2,1-3H3/b10-6-,11-7?,25-20?. The van der Waals surface area contributed by atoms with E-state index in [0.29, 0.717) is 50.6 Å². The maximum atomic E-state index is 12.4. The lowest BCUT2D eigenvalue weighted by Gasteiger charge is -2.31. The molecule has 1 amide bonds. The Balaban J connectivity index is 1.57. The second-order valence-electron chi connectivity index (χ2n) is 10.1. The van der Waals surface area contributed by atoms with Crippen LogP contribution in [0.4, 0.5) is 0 Å². The molecule has 8 nitrogen and oxygen atoms in total. The van der Waals surface area contributed by atoms with Gasteiger partial charge in [0.2, 0.25) is 5.91 Å². The smallest absolute Gasteiger partial charge is 0.222 e. The summed E-state index contributed by atoms with van der Waals surface area (Å²) in [5, 5.41) is 17.3. The zero-order chi connectivity index (χ0) is 27.3. The van der Waals surface area contributed by atoms with Gasteiger partial charge in [0.1, 0.15) is 12.0 Å². The van der Waals surface area contributed by atoms with Crippen molar-refractivity contribution in [2.75, 3.05) is 39.9 Å². The first-order valence-electron chi connectivity index (χ1n) is 13.9. The van der Waals surface area contributed by atoms with Crippen molar-refractivity contribution in [1.82, 2.24) is 20.1 Å². The van der Waals surface area contributed by atoms with Crippen LogP contribution in [0.2, 0.25) is 0 Å². The van der Waals surface area contributed by atoms with Crippen LogP contribution in [0.5, 0.6) is 0 Å². The molecule has 1 fully saturated rings. The van der Waals surface area contributed by atoms with Crippen LogP contribution in [0.15, 0.2) is 41.5 Å². The Hall–Kier alpha value is -2.33. The Morgan fingerprint density at radius 3 is 2.76 bits per heavy atom. The predicted octanol–water partition coefficient (Wildman–Crippen LogP) is 4.32. The topological polar surface area (TPSA) is 95.0 Å². The van der Waals surface area contributed by atoms with Crippen molar-refractivity contribution in [3.63, 3.8) is 0 Å². The average Bonchev–Trinajstić information content (AvgIpc) is 3.38. The first kappa shape index (κ1) is 30.2. The average molecular weight is 545 g/mol. The number of aliphatic hydroxyl groups is 1. The van der Waals surface area contributed by atoms with Gasteiger partial charge in [-0.25, -0.2) is 4.98 Å². The number of aromatic nitrogens is 1. The van der Waals surface area contributed by atoms with E-state index in [4.69, 9.17) is 9.72 Å². The Morgan fingerprint density at radius 1 is 1.26 bits per heavy atom. The maximum absolute atomic E-state index is 12.4. The Bertz CT molecular complexity index is 981. The summed E-state index contributed by atoms with van der Waals surface area (Å²) < 4.78 is 5.31.